The second kappa shape index (κ2) is 12.4. The van der Waals surface area contributed by atoms with Crippen LogP contribution in [0.1, 0.15) is 17.2 Å². The van der Waals surface area contributed by atoms with Crippen LogP contribution < -0.4 is 0 Å². The minimum absolute atomic E-state index is 0.0471. The molecule has 3 aliphatic rings. The number of aliphatic hydroxyl groups is 8. The van der Waals surface area contributed by atoms with E-state index in [9.17, 15) is 61.3 Å². The van der Waals surface area contributed by atoms with Gasteiger partial charge in [0, 0.05) is 12.1 Å². The first-order chi connectivity index (χ1) is 20.8. The first kappa shape index (κ1) is 31.8. The molecule has 242 valence electrons. The van der Waals surface area contributed by atoms with Crippen LogP contribution in [0, 0.1) is 0 Å². The number of ether oxygens (including phenoxy) is 5. The smallest absolute Gasteiger partial charge is 0.270 e. The van der Waals surface area contributed by atoms with E-state index in [2.05, 4.69) is 4.74 Å². The Bertz CT molecular complexity index is 1360. The molecular formula is C27H33O17+. The minimum atomic E-state index is -1.88. The first-order valence-electron chi connectivity index (χ1n) is 13.3. The van der Waals surface area contributed by atoms with Gasteiger partial charge in [0.15, 0.2) is 29.3 Å². The third kappa shape index (κ3) is 5.89. The number of fused-ring (bicyclic) bond motifs is 1. The third-order valence-electron chi connectivity index (χ3n) is 7.55. The summed E-state index contributed by atoms with van der Waals surface area (Å²) in [6.45, 7) is -1.34. The van der Waals surface area contributed by atoms with Crippen LogP contribution in [-0.2, 0) is 18.9 Å². The molecule has 0 spiro atoms. The second-order valence-electron chi connectivity index (χ2n) is 10.5. The van der Waals surface area contributed by atoms with Gasteiger partial charge in [-0.2, -0.15) is 0 Å². The van der Waals surface area contributed by atoms with Crippen LogP contribution in [0.2, 0.25) is 0 Å². The van der Waals surface area contributed by atoms with E-state index in [0.29, 0.717) is 0 Å². The van der Waals surface area contributed by atoms with Crippen molar-refractivity contribution in [1.82, 2.24) is 0 Å². The van der Waals surface area contributed by atoms with Crippen molar-refractivity contribution >= 4 is 6.08 Å². The van der Waals surface area contributed by atoms with Gasteiger partial charge in [-0.15, -0.1) is 0 Å². The first-order valence-corrected chi connectivity index (χ1v) is 13.3. The molecule has 17 heteroatoms. The number of hydrogen-bond donors (Lipinski definition) is 12. The van der Waals surface area contributed by atoms with E-state index in [4.69, 9.17) is 18.9 Å². The molecular weight excluding hydrogens is 596 g/mol. The summed E-state index contributed by atoms with van der Waals surface area (Å²) in [6.07, 6.45) is -16.8. The van der Waals surface area contributed by atoms with Crippen molar-refractivity contribution in [1.29, 1.82) is 0 Å². The van der Waals surface area contributed by atoms with Crippen molar-refractivity contribution in [2.75, 3.05) is 13.2 Å². The zero-order valence-corrected chi connectivity index (χ0v) is 22.6. The van der Waals surface area contributed by atoms with Crippen LogP contribution in [0.15, 0.2) is 30.0 Å². The van der Waals surface area contributed by atoms with Crippen LogP contribution in [-0.4, -0.2) is 141 Å². The summed E-state index contributed by atoms with van der Waals surface area (Å²) >= 11 is 0. The fourth-order valence-corrected chi connectivity index (χ4v) is 5.09. The number of phenols is 5. The molecule has 5 rings (SSSR count). The average molecular weight is 630 g/mol. The average Bonchev–Trinajstić information content (AvgIpc) is 2.98. The lowest BCUT2D eigenvalue weighted by Gasteiger charge is -2.43. The van der Waals surface area contributed by atoms with Crippen molar-refractivity contribution in [3.63, 3.8) is 0 Å². The van der Waals surface area contributed by atoms with Crippen molar-refractivity contribution < 1.29 is 85.0 Å². The van der Waals surface area contributed by atoms with E-state index in [-0.39, 0.29) is 28.4 Å². The van der Waals surface area contributed by atoms with Gasteiger partial charge in [-0.25, -0.2) is 0 Å². The lowest BCUT2D eigenvalue weighted by Crippen LogP contribution is -2.61. The standard InChI is InChI=1S/C27H32O17/c28-6-16-19(34)21(36)23(38)26(43-16)40-7-17-20(35)22(37)24(39)27(44-17)42-15-5-10-11(30)3-9(29)4-14(10)41-25(15)8-1-12(31)18(33)13(32)2-8/h1-5,16-17,19-39H,6-7H2/p+1/t16-,17-,19-,20-,21+,22+,23-,24-,25?,26-,27-/m1/s1. The van der Waals surface area contributed by atoms with Crippen LogP contribution in [0.4, 0.5) is 0 Å². The van der Waals surface area contributed by atoms with E-state index in [1.54, 1.807) is 0 Å². The fourth-order valence-electron chi connectivity index (χ4n) is 5.09. The summed E-state index contributed by atoms with van der Waals surface area (Å²) < 4.78 is 26.6. The van der Waals surface area contributed by atoms with Gasteiger partial charge in [0.05, 0.1) is 24.8 Å². The Kier molecular flexibility index (Phi) is 8.96. The van der Waals surface area contributed by atoms with Crippen LogP contribution in [0.5, 0.6) is 34.5 Å². The Morgan fingerprint density at radius 3 is 1.91 bits per heavy atom. The highest BCUT2D eigenvalue weighted by Gasteiger charge is 2.49. The molecule has 0 amide bonds. The molecule has 0 saturated carbocycles. The van der Waals surface area contributed by atoms with Crippen LogP contribution >= 0.6 is 0 Å². The van der Waals surface area contributed by atoms with Gasteiger partial charge >= 0.3 is 0 Å². The number of phenolic OH excluding ortho intramolecular Hbond substituents is 5. The topological polar surface area (TPSA) is 292 Å². The molecule has 0 aromatic heterocycles. The maximum absolute atomic E-state index is 10.7. The Labute approximate surface area is 247 Å². The Balaban J connectivity index is 1.40. The largest absolute Gasteiger partial charge is 0.571 e. The summed E-state index contributed by atoms with van der Waals surface area (Å²) in [5, 5.41) is 122. The van der Waals surface area contributed by atoms with Gasteiger partial charge in [0.2, 0.25) is 6.29 Å². The molecule has 0 aliphatic carbocycles. The van der Waals surface area contributed by atoms with Crippen LogP contribution in [0.3, 0.4) is 0 Å². The normalized spacial score (nSPS) is 35.3. The van der Waals surface area contributed by atoms with E-state index in [1.807, 2.05) is 0 Å². The molecule has 2 saturated heterocycles. The van der Waals surface area contributed by atoms with Crippen molar-refractivity contribution in [3.05, 3.63) is 41.2 Å². The molecule has 13 N–H and O–H groups in total. The fraction of sp³-hybridized carbons (Fsp3) is 0.481. The molecule has 17 nitrogen and oxygen atoms in total. The van der Waals surface area contributed by atoms with Gasteiger partial charge in [-0.1, -0.05) is 0 Å². The SMILES string of the molecule is OC[C@H]1O[C@@H](OC[C@H]2O[C@@H](OC3=Cc4c(O)cc(O)cc4[OH+]C3c3cc(O)c(O)c(O)c3)[C@H](O)[C@@H](O)[C@@H]2O)[C@H](O)[C@@H](O)[C@@H]1O. The van der Waals surface area contributed by atoms with Crippen molar-refractivity contribution in [2.24, 2.45) is 0 Å². The predicted molar refractivity (Wildman–Crippen MR) is 141 cm³/mol. The Morgan fingerprint density at radius 2 is 1.27 bits per heavy atom. The number of hydrogen-bond acceptors (Lipinski definition) is 16. The van der Waals surface area contributed by atoms with E-state index < -0.39 is 104 Å². The molecule has 0 radical (unpaired) electrons. The maximum Gasteiger partial charge on any atom is 0.270 e. The van der Waals surface area contributed by atoms with E-state index in [0.717, 1.165) is 18.2 Å². The highest BCUT2D eigenvalue weighted by atomic mass is 16.7. The molecule has 0 bridgehead atoms. The second-order valence-corrected chi connectivity index (χ2v) is 10.5. The zero-order valence-electron chi connectivity index (χ0n) is 22.6. The van der Waals surface area contributed by atoms with Gasteiger partial charge < -0.3 is 85.0 Å². The number of benzene rings is 2. The summed E-state index contributed by atoms with van der Waals surface area (Å²) in [5.74, 6) is -3.08. The van der Waals surface area contributed by atoms with E-state index >= 15 is 0 Å². The molecule has 2 aromatic rings. The summed E-state index contributed by atoms with van der Waals surface area (Å²) in [4.78, 5) is 0. The molecule has 2 aromatic carbocycles. The molecule has 3 heterocycles. The number of aliphatic hydroxyl groups excluding tert-OH is 7. The molecule has 11 atom stereocenters. The van der Waals surface area contributed by atoms with E-state index in [1.165, 1.54) is 12.1 Å². The predicted octanol–water partition coefficient (Wildman–Crippen LogP) is -2.81. The van der Waals surface area contributed by atoms with Crippen molar-refractivity contribution in [2.45, 2.75) is 67.5 Å². The van der Waals surface area contributed by atoms with Gasteiger partial charge in [-0.05, 0) is 12.1 Å². The quantitative estimate of drug-likeness (QED) is 0.109. The minimum Gasteiger partial charge on any atom is -0.571 e. The molecule has 2 fully saturated rings. The Morgan fingerprint density at radius 1 is 0.682 bits per heavy atom. The third-order valence-corrected chi connectivity index (χ3v) is 7.55. The molecule has 1 unspecified atom stereocenters. The van der Waals surface area contributed by atoms with Crippen molar-refractivity contribution in [3.8, 4) is 34.5 Å². The summed E-state index contributed by atoms with van der Waals surface area (Å²) in [5.41, 5.74) is 0.112. The van der Waals surface area contributed by atoms with Gasteiger partial charge in [-0.3, -0.25) is 0 Å². The van der Waals surface area contributed by atoms with Crippen LogP contribution in [0.25, 0.3) is 6.08 Å². The number of aromatic hydroxyl groups is 6. The lowest BCUT2D eigenvalue weighted by atomic mass is 9.98. The number of rotatable bonds is 7. The lowest BCUT2D eigenvalue weighted by molar-refractivity contribution is -0.328. The van der Waals surface area contributed by atoms with Gasteiger partial charge in [0.1, 0.15) is 65.9 Å². The summed E-state index contributed by atoms with van der Waals surface area (Å²) in [7, 11) is 0. The summed E-state index contributed by atoms with van der Waals surface area (Å²) in [6, 6.07) is 4.36. The molecule has 3 aliphatic heterocycles. The van der Waals surface area contributed by atoms with Gasteiger partial charge in [0.25, 0.3) is 11.9 Å². The highest BCUT2D eigenvalue weighted by molar-refractivity contribution is 5.69. The highest BCUT2D eigenvalue weighted by Crippen LogP contribution is 2.47. The monoisotopic (exact) mass is 629 g/mol. The molecule has 44 heavy (non-hydrogen) atoms. The Hall–Kier alpha value is -3.62. The zero-order chi connectivity index (χ0) is 32.0. The maximum atomic E-state index is 10.7.